The number of ether oxygens (including phenoxy) is 2. The fourth-order valence-corrected chi connectivity index (χ4v) is 3.31. The van der Waals surface area contributed by atoms with Gasteiger partial charge in [0.05, 0.1) is 13.2 Å². The van der Waals surface area contributed by atoms with Crippen LogP contribution >= 0.6 is 0 Å². The third kappa shape index (κ3) is 4.45. The van der Waals surface area contributed by atoms with Gasteiger partial charge >= 0.3 is 0 Å². The quantitative estimate of drug-likeness (QED) is 0.826. The third-order valence-electron chi connectivity index (χ3n) is 4.83. The van der Waals surface area contributed by atoms with E-state index >= 15 is 0 Å². The number of morpholine rings is 1. The molecule has 8 heteroatoms. The van der Waals surface area contributed by atoms with Crippen LogP contribution in [0.5, 0.6) is 0 Å². The maximum absolute atomic E-state index is 12.3. The zero-order chi connectivity index (χ0) is 18.5. The molecule has 2 saturated heterocycles. The molecule has 2 aliphatic rings. The molecule has 1 amide bonds. The highest BCUT2D eigenvalue weighted by Crippen LogP contribution is 2.26. The average Bonchev–Trinajstić information content (AvgIpc) is 3.40. The van der Waals surface area contributed by atoms with Crippen molar-refractivity contribution in [2.24, 2.45) is 0 Å². The fraction of sp³-hybridized carbons (Fsp3) is 0.526. The molecule has 0 spiro atoms. The number of nitrogens with one attached hydrogen (secondary N) is 1. The molecule has 144 valence electrons. The van der Waals surface area contributed by atoms with Crippen molar-refractivity contribution in [1.82, 2.24) is 15.5 Å². The predicted molar refractivity (Wildman–Crippen MR) is 97.7 cm³/mol. The minimum atomic E-state index is -0.105. The molecule has 2 aromatic rings. The van der Waals surface area contributed by atoms with Crippen LogP contribution in [0.15, 0.2) is 28.8 Å². The highest BCUT2D eigenvalue weighted by Gasteiger charge is 2.23. The van der Waals surface area contributed by atoms with Crippen LogP contribution in [-0.2, 0) is 15.9 Å². The van der Waals surface area contributed by atoms with Gasteiger partial charge in [0.1, 0.15) is 6.10 Å². The van der Waals surface area contributed by atoms with E-state index in [1.54, 1.807) is 0 Å². The highest BCUT2D eigenvalue weighted by atomic mass is 16.5. The number of anilines is 1. The Balaban J connectivity index is 1.25. The second kappa shape index (κ2) is 8.49. The van der Waals surface area contributed by atoms with Crippen molar-refractivity contribution in [3.8, 4) is 0 Å². The molecule has 0 bridgehead atoms. The van der Waals surface area contributed by atoms with Crippen LogP contribution in [0.2, 0.25) is 0 Å². The van der Waals surface area contributed by atoms with Gasteiger partial charge in [-0.25, -0.2) is 0 Å². The maximum Gasteiger partial charge on any atom is 0.255 e. The van der Waals surface area contributed by atoms with Gasteiger partial charge in [0.15, 0.2) is 5.82 Å². The zero-order valence-corrected chi connectivity index (χ0v) is 15.2. The Labute approximate surface area is 157 Å². The van der Waals surface area contributed by atoms with Crippen molar-refractivity contribution in [3.05, 3.63) is 41.5 Å². The normalized spacial score (nSPS) is 20.0. The SMILES string of the molecule is O=C(NCCc1noc([C@@H]2CCCO2)n1)c1ccc(N2CCOCC2)cc1. The number of benzene rings is 1. The van der Waals surface area contributed by atoms with Crippen molar-refractivity contribution in [3.63, 3.8) is 0 Å². The Kier molecular flexibility index (Phi) is 5.64. The number of nitrogens with zero attached hydrogens (tertiary/aromatic N) is 3. The lowest BCUT2D eigenvalue weighted by Gasteiger charge is -2.28. The molecule has 1 atom stereocenters. The van der Waals surface area contributed by atoms with Crippen LogP contribution in [0, 0.1) is 0 Å². The summed E-state index contributed by atoms with van der Waals surface area (Å²) in [5.41, 5.74) is 1.75. The zero-order valence-electron chi connectivity index (χ0n) is 15.2. The van der Waals surface area contributed by atoms with Gasteiger partial charge in [0.2, 0.25) is 0 Å². The average molecular weight is 372 g/mol. The largest absolute Gasteiger partial charge is 0.378 e. The summed E-state index contributed by atoms with van der Waals surface area (Å²) in [6, 6.07) is 7.66. The van der Waals surface area contributed by atoms with E-state index < -0.39 is 0 Å². The Morgan fingerprint density at radius 3 is 2.74 bits per heavy atom. The van der Waals surface area contributed by atoms with Gasteiger partial charge in [-0.1, -0.05) is 5.16 Å². The number of rotatable bonds is 6. The fourth-order valence-electron chi connectivity index (χ4n) is 3.31. The minimum absolute atomic E-state index is 0.0779. The molecule has 1 aromatic carbocycles. The summed E-state index contributed by atoms with van der Waals surface area (Å²) in [4.78, 5) is 18.9. The Morgan fingerprint density at radius 1 is 1.19 bits per heavy atom. The second-order valence-electron chi connectivity index (χ2n) is 6.70. The van der Waals surface area contributed by atoms with Crippen LogP contribution in [0.3, 0.4) is 0 Å². The Morgan fingerprint density at radius 2 is 2.00 bits per heavy atom. The molecule has 0 radical (unpaired) electrons. The lowest BCUT2D eigenvalue weighted by Crippen LogP contribution is -2.36. The summed E-state index contributed by atoms with van der Waals surface area (Å²) in [6.45, 7) is 4.44. The van der Waals surface area contributed by atoms with Gasteiger partial charge in [0, 0.05) is 43.9 Å². The van der Waals surface area contributed by atoms with Gasteiger partial charge in [-0.05, 0) is 37.1 Å². The van der Waals surface area contributed by atoms with Gasteiger partial charge in [-0.2, -0.15) is 4.98 Å². The van der Waals surface area contributed by atoms with Crippen molar-refractivity contribution in [1.29, 1.82) is 0 Å². The van der Waals surface area contributed by atoms with E-state index in [-0.39, 0.29) is 12.0 Å². The van der Waals surface area contributed by atoms with Crippen molar-refractivity contribution < 1.29 is 18.8 Å². The third-order valence-corrected chi connectivity index (χ3v) is 4.83. The van der Waals surface area contributed by atoms with Crippen LogP contribution in [0.4, 0.5) is 5.69 Å². The first kappa shape index (κ1) is 17.9. The minimum Gasteiger partial charge on any atom is -0.378 e. The summed E-state index contributed by atoms with van der Waals surface area (Å²) in [7, 11) is 0. The number of carbonyl (C=O) groups excluding carboxylic acids is 1. The predicted octanol–water partition coefficient (Wildman–Crippen LogP) is 1.73. The summed E-state index contributed by atoms with van der Waals surface area (Å²) in [5.74, 6) is 1.02. The lowest BCUT2D eigenvalue weighted by molar-refractivity contribution is 0.0835. The Bertz CT molecular complexity index is 749. The molecule has 4 rings (SSSR count). The molecule has 1 aromatic heterocycles. The second-order valence-corrected chi connectivity index (χ2v) is 6.70. The molecule has 2 aliphatic heterocycles. The highest BCUT2D eigenvalue weighted by molar-refractivity contribution is 5.94. The molecule has 0 saturated carbocycles. The molecular weight excluding hydrogens is 348 g/mol. The molecule has 1 N–H and O–H groups in total. The van der Waals surface area contributed by atoms with Gasteiger partial charge in [-0.3, -0.25) is 4.79 Å². The van der Waals surface area contributed by atoms with Crippen LogP contribution in [0.25, 0.3) is 0 Å². The number of hydrogen-bond acceptors (Lipinski definition) is 7. The standard InChI is InChI=1S/C19H24N4O4/c24-18(14-3-5-15(6-4-14)23-9-12-25-13-10-23)20-8-7-17-21-19(27-22-17)16-2-1-11-26-16/h3-6,16H,1-2,7-13H2,(H,20,24)/t16-/m0/s1. The molecule has 0 unspecified atom stereocenters. The lowest BCUT2D eigenvalue weighted by atomic mass is 10.1. The first-order valence-electron chi connectivity index (χ1n) is 9.44. The van der Waals surface area contributed by atoms with E-state index in [4.69, 9.17) is 14.0 Å². The molecular formula is C19H24N4O4. The summed E-state index contributed by atoms with van der Waals surface area (Å²) in [5, 5.41) is 6.86. The van der Waals surface area contributed by atoms with Gasteiger partial charge in [0.25, 0.3) is 11.8 Å². The van der Waals surface area contributed by atoms with Crippen molar-refractivity contribution in [2.45, 2.75) is 25.4 Å². The number of aromatic nitrogens is 2. The summed E-state index contributed by atoms with van der Waals surface area (Å²) in [6.07, 6.45) is 2.38. The summed E-state index contributed by atoms with van der Waals surface area (Å²) < 4.78 is 16.1. The molecule has 2 fully saturated rings. The van der Waals surface area contributed by atoms with Crippen molar-refractivity contribution >= 4 is 11.6 Å². The first-order chi connectivity index (χ1) is 13.3. The monoisotopic (exact) mass is 372 g/mol. The maximum atomic E-state index is 12.3. The molecule has 8 nitrogen and oxygen atoms in total. The molecule has 0 aliphatic carbocycles. The van der Waals surface area contributed by atoms with E-state index in [1.165, 1.54) is 0 Å². The van der Waals surface area contributed by atoms with E-state index in [1.807, 2.05) is 24.3 Å². The smallest absolute Gasteiger partial charge is 0.255 e. The van der Waals surface area contributed by atoms with Crippen LogP contribution in [-0.4, -0.2) is 55.5 Å². The molecule has 27 heavy (non-hydrogen) atoms. The van der Waals surface area contributed by atoms with E-state index in [0.29, 0.717) is 30.2 Å². The van der Waals surface area contributed by atoms with Gasteiger partial charge in [-0.15, -0.1) is 0 Å². The topological polar surface area (TPSA) is 89.7 Å². The number of carbonyl (C=O) groups is 1. The number of amides is 1. The number of hydrogen-bond donors (Lipinski definition) is 1. The van der Waals surface area contributed by atoms with Crippen LogP contribution < -0.4 is 10.2 Å². The Hall–Kier alpha value is -2.45. The van der Waals surface area contributed by atoms with Crippen molar-refractivity contribution in [2.75, 3.05) is 44.4 Å². The van der Waals surface area contributed by atoms with E-state index in [2.05, 4.69) is 20.4 Å². The first-order valence-corrected chi connectivity index (χ1v) is 9.44. The summed E-state index contributed by atoms with van der Waals surface area (Å²) >= 11 is 0. The van der Waals surface area contributed by atoms with Gasteiger partial charge < -0.3 is 24.2 Å². The van der Waals surface area contributed by atoms with Crippen LogP contribution in [0.1, 0.15) is 41.0 Å². The van der Waals surface area contributed by atoms with E-state index in [9.17, 15) is 4.79 Å². The van der Waals surface area contributed by atoms with E-state index in [0.717, 1.165) is 51.4 Å². The molecule has 3 heterocycles.